The fraction of sp³-hybridized carbons (Fsp3) is 0.278. The van der Waals surface area contributed by atoms with Crippen molar-refractivity contribution in [2.24, 2.45) is 0 Å². The molecule has 0 saturated heterocycles. The fourth-order valence-corrected chi connectivity index (χ4v) is 2.54. The number of hydrogen-bond acceptors (Lipinski definition) is 4. The third-order valence-electron chi connectivity index (χ3n) is 3.15. The van der Waals surface area contributed by atoms with Gasteiger partial charge in [-0.05, 0) is 54.0 Å². The van der Waals surface area contributed by atoms with Crippen molar-refractivity contribution in [3.8, 4) is 11.5 Å². The Bertz CT molecular complexity index is 692. The maximum Gasteiger partial charge on any atom is 0.243 e. The summed E-state index contributed by atoms with van der Waals surface area (Å²) >= 11 is 3.44. The first-order valence-electron chi connectivity index (χ1n) is 7.82. The Hall–Kier alpha value is -2.21. The highest BCUT2D eigenvalue weighted by molar-refractivity contribution is 9.10. The van der Waals surface area contributed by atoms with Gasteiger partial charge in [-0.2, -0.15) is 0 Å². The quantitative estimate of drug-likeness (QED) is 0.702. The standard InChI is InChI=1S/C18H21BrN2O3/c1-3-23-13-9-10-17(24-4-2)16(11-13)21-18(22)12-20-15-8-6-5-7-14(15)19/h5-11,20H,3-4,12H2,1-2H3,(H,21,22). The van der Waals surface area contributed by atoms with Crippen LogP contribution in [0, 0.1) is 0 Å². The average Bonchev–Trinajstić information content (AvgIpc) is 2.57. The Morgan fingerprint density at radius 1 is 1.04 bits per heavy atom. The van der Waals surface area contributed by atoms with Crippen molar-refractivity contribution in [3.05, 3.63) is 46.9 Å². The normalized spacial score (nSPS) is 10.1. The number of para-hydroxylation sites is 1. The number of rotatable bonds is 8. The molecule has 24 heavy (non-hydrogen) atoms. The number of ether oxygens (including phenoxy) is 2. The second-order valence-corrected chi connectivity index (χ2v) is 5.76. The van der Waals surface area contributed by atoms with Crippen molar-refractivity contribution in [2.75, 3.05) is 30.4 Å². The number of hydrogen-bond donors (Lipinski definition) is 2. The van der Waals surface area contributed by atoms with E-state index in [1.165, 1.54) is 0 Å². The van der Waals surface area contributed by atoms with Crippen LogP contribution in [-0.2, 0) is 4.79 Å². The lowest BCUT2D eigenvalue weighted by molar-refractivity contribution is -0.114. The molecule has 5 nitrogen and oxygen atoms in total. The van der Waals surface area contributed by atoms with Gasteiger partial charge in [0.05, 0.1) is 25.4 Å². The maximum absolute atomic E-state index is 12.2. The van der Waals surface area contributed by atoms with E-state index >= 15 is 0 Å². The minimum absolute atomic E-state index is 0.146. The van der Waals surface area contributed by atoms with Crippen LogP contribution in [0.25, 0.3) is 0 Å². The summed E-state index contributed by atoms with van der Waals surface area (Å²) in [6, 6.07) is 13.0. The van der Waals surface area contributed by atoms with Gasteiger partial charge < -0.3 is 20.1 Å². The Morgan fingerprint density at radius 2 is 1.79 bits per heavy atom. The monoisotopic (exact) mass is 392 g/mol. The molecule has 0 heterocycles. The first-order valence-corrected chi connectivity index (χ1v) is 8.61. The molecule has 0 radical (unpaired) electrons. The van der Waals surface area contributed by atoms with Gasteiger partial charge in [0.25, 0.3) is 0 Å². The highest BCUT2D eigenvalue weighted by Crippen LogP contribution is 2.29. The molecular formula is C18H21BrN2O3. The van der Waals surface area contributed by atoms with Crippen LogP contribution >= 0.6 is 15.9 Å². The van der Waals surface area contributed by atoms with Crippen LogP contribution in [0.15, 0.2) is 46.9 Å². The zero-order chi connectivity index (χ0) is 17.4. The molecule has 1 amide bonds. The number of anilines is 2. The van der Waals surface area contributed by atoms with E-state index in [1.54, 1.807) is 12.1 Å². The lowest BCUT2D eigenvalue weighted by Crippen LogP contribution is -2.22. The van der Waals surface area contributed by atoms with E-state index in [4.69, 9.17) is 9.47 Å². The number of amides is 1. The summed E-state index contributed by atoms with van der Waals surface area (Å²) in [6.07, 6.45) is 0. The molecular weight excluding hydrogens is 372 g/mol. The number of carbonyl (C=O) groups excluding carboxylic acids is 1. The topological polar surface area (TPSA) is 59.6 Å². The van der Waals surface area contributed by atoms with E-state index in [1.807, 2.05) is 44.2 Å². The molecule has 0 aliphatic heterocycles. The van der Waals surface area contributed by atoms with Crippen LogP contribution in [0.1, 0.15) is 13.8 Å². The molecule has 0 saturated carbocycles. The summed E-state index contributed by atoms with van der Waals surface area (Å²) in [4.78, 5) is 12.2. The van der Waals surface area contributed by atoms with Crippen molar-refractivity contribution in [3.63, 3.8) is 0 Å². The first-order chi connectivity index (χ1) is 11.6. The van der Waals surface area contributed by atoms with Gasteiger partial charge in [-0.25, -0.2) is 0 Å². The summed E-state index contributed by atoms with van der Waals surface area (Å²) in [5.74, 6) is 1.14. The molecule has 2 N–H and O–H groups in total. The van der Waals surface area contributed by atoms with Gasteiger partial charge in [0.1, 0.15) is 11.5 Å². The van der Waals surface area contributed by atoms with E-state index in [9.17, 15) is 4.79 Å². The zero-order valence-corrected chi connectivity index (χ0v) is 15.4. The molecule has 0 unspecified atom stereocenters. The Balaban J connectivity index is 2.04. The van der Waals surface area contributed by atoms with Crippen LogP contribution in [0.2, 0.25) is 0 Å². The van der Waals surface area contributed by atoms with Gasteiger partial charge in [-0.15, -0.1) is 0 Å². The molecule has 6 heteroatoms. The predicted molar refractivity (Wildman–Crippen MR) is 100 cm³/mol. The lowest BCUT2D eigenvalue weighted by atomic mass is 10.2. The second kappa shape index (κ2) is 9.17. The van der Waals surface area contributed by atoms with Crippen molar-refractivity contribution in [1.82, 2.24) is 0 Å². The predicted octanol–water partition coefficient (Wildman–Crippen LogP) is 4.30. The smallest absolute Gasteiger partial charge is 0.243 e. The van der Waals surface area contributed by atoms with Gasteiger partial charge in [0, 0.05) is 16.2 Å². The van der Waals surface area contributed by atoms with Crippen molar-refractivity contribution < 1.29 is 14.3 Å². The average molecular weight is 393 g/mol. The Morgan fingerprint density at radius 3 is 2.50 bits per heavy atom. The molecule has 0 aromatic heterocycles. The summed E-state index contributed by atoms with van der Waals surface area (Å²) < 4.78 is 11.9. The van der Waals surface area contributed by atoms with E-state index in [2.05, 4.69) is 26.6 Å². The van der Waals surface area contributed by atoms with Gasteiger partial charge >= 0.3 is 0 Å². The minimum Gasteiger partial charge on any atom is -0.494 e. The van der Waals surface area contributed by atoms with Crippen LogP contribution in [-0.4, -0.2) is 25.7 Å². The SMILES string of the molecule is CCOc1ccc(OCC)c(NC(=O)CNc2ccccc2Br)c1. The molecule has 2 aromatic rings. The molecule has 0 bridgehead atoms. The lowest BCUT2D eigenvalue weighted by Gasteiger charge is -2.14. The maximum atomic E-state index is 12.2. The Kier molecular flexibility index (Phi) is 6.93. The molecule has 0 aliphatic carbocycles. The highest BCUT2D eigenvalue weighted by Gasteiger charge is 2.10. The summed E-state index contributed by atoms with van der Waals surface area (Å²) in [5, 5.41) is 5.96. The number of nitrogens with one attached hydrogen (secondary N) is 2. The number of halogens is 1. The van der Waals surface area contributed by atoms with Crippen LogP contribution in [0.5, 0.6) is 11.5 Å². The van der Waals surface area contributed by atoms with E-state index in [0.717, 1.165) is 10.2 Å². The zero-order valence-electron chi connectivity index (χ0n) is 13.8. The number of benzene rings is 2. The van der Waals surface area contributed by atoms with E-state index < -0.39 is 0 Å². The fourth-order valence-electron chi connectivity index (χ4n) is 2.12. The van der Waals surface area contributed by atoms with Crippen LogP contribution in [0.4, 0.5) is 11.4 Å². The minimum atomic E-state index is -0.166. The molecule has 0 spiro atoms. The van der Waals surface area contributed by atoms with Crippen LogP contribution < -0.4 is 20.1 Å². The summed E-state index contributed by atoms with van der Waals surface area (Å²) in [5.41, 5.74) is 1.46. The highest BCUT2D eigenvalue weighted by atomic mass is 79.9. The molecule has 2 rings (SSSR count). The van der Waals surface area contributed by atoms with Gasteiger partial charge in [-0.1, -0.05) is 12.1 Å². The molecule has 0 atom stereocenters. The third-order valence-corrected chi connectivity index (χ3v) is 3.84. The van der Waals surface area contributed by atoms with E-state index in [-0.39, 0.29) is 12.5 Å². The molecule has 0 fully saturated rings. The molecule has 128 valence electrons. The van der Waals surface area contributed by atoms with Gasteiger partial charge in [-0.3, -0.25) is 4.79 Å². The molecule has 0 aliphatic rings. The van der Waals surface area contributed by atoms with Crippen molar-refractivity contribution in [2.45, 2.75) is 13.8 Å². The second-order valence-electron chi connectivity index (χ2n) is 4.91. The van der Waals surface area contributed by atoms with Gasteiger partial charge in [0.2, 0.25) is 5.91 Å². The third kappa shape index (κ3) is 5.16. The van der Waals surface area contributed by atoms with Crippen molar-refractivity contribution >= 4 is 33.2 Å². The number of carbonyl (C=O) groups is 1. The Labute approximate surface area is 150 Å². The molecule has 2 aromatic carbocycles. The first kappa shape index (κ1) is 18.1. The summed E-state index contributed by atoms with van der Waals surface area (Å²) in [6.45, 7) is 5.04. The van der Waals surface area contributed by atoms with Crippen LogP contribution in [0.3, 0.4) is 0 Å². The summed E-state index contributed by atoms with van der Waals surface area (Å²) in [7, 11) is 0. The largest absolute Gasteiger partial charge is 0.494 e. The van der Waals surface area contributed by atoms with Crippen molar-refractivity contribution in [1.29, 1.82) is 0 Å². The van der Waals surface area contributed by atoms with Gasteiger partial charge in [0.15, 0.2) is 0 Å². The van der Waals surface area contributed by atoms with E-state index in [0.29, 0.717) is 30.4 Å².